The van der Waals surface area contributed by atoms with E-state index in [1.165, 1.54) is 11.3 Å². The number of nitrogens with two attached hydrogens (primary N) is 1. The zero-order valence-electron chi connectivity index (χ0n) is 6.65. The van der Waals surface area contributed by atoms with Crippen LogP contribution in [0.25, 0.3) is 10.4 Å². The van der Waals surface area contributed by atoms with Gasteiger partial charge in [-0.1, -0.05) is 0 Å². The zero-order chi connectivity index (χ0) is 9.26. The highest BCUT2D eigenvalue weighted by atomic mass is 32.1. The number of aromatic amines is 1. The Morgan fingerprint density at radius 3 is 3.00 bits per heavy atom. The molecule has 2 rings (SSSR count). The molecule has 0 aliphatic rings. The van der Waals surface area contributed by atoms with E-state index in [1.54, 1.807) is 23.8 Å². The van der Waals surface area contributed by atoms with Crippen molar-refractivity contribution in [2.45, 2.75) is 0 Å². The highest BCUT2D eigenvalue weighted by molar-refractivity contribution is 7.13. The van der Waals surface area contributed by atoms with Crippen LogP contribution in [-0.4, -0.2) is 16.1 Å². The number of H-pyrrole nitrogens is 1. The zero-order valence-corrected chi connectivity index (χ0v) is 7.47. The highest BCUT2D eigenvalue weighted by Gasteiger charge is 2.06. The quantitative estimate of drug-likeness (QED) is 0.753. The summed E-state index contributed by atoms with van der Waals surface area (Å²) in [6, 6.07) is 1.76. The molecule has 0 radical (unpaired) electrons. The molecule has 0 saturated heterocycles. The lowest BCUT2D eigenvalue weighted by Crippen LogP contribution is -2.08. The molecule has 3 N–H and O–H groups in total. The Labute approximate surface area is 78.4 Å². The van der Waals surface area contributed by atoms with Crippen molar-refractivity contribution in [1.29, 1.82) is 0 Å². The first-order valence-electron chi connectivity index (χ1n) is 3.65. The molecule has 2 heterocycles. The second kappa shape index (κ2) is 3.02. The van der Waals surface area contributed by atoms with E-state index in [0.717, 1.165) is 10.4 Å². The average molecular weight is 193 g/mol. The maximum Gasteiger partial charge on any atom is 0.249 e. The van der Waals surface area contributed by atoms with Gasteiger partial charge in [0.1, 0.15) is 0 Å². The van der Waals surface area contributed by atoms with E-state index in [1.807, 2.05) is 0 Å². The van der Waals surface area contributed by atoms with Crippen LogP contribution in [0.5, 0.6) is 0 Å². The number of primary amides is 1. The van der Waals surface area contributed by atoms with Gasteiger partial charge in [-0.05, 0) is 6.07 Å². The molecule has 5 heteroatoms. The Morgan fingerprint density at radius 2 is 2.46 bits per heavy atom. The summed E-state index contributed by atoms with van der Waals surface area (Å²) < 4.78 is 0. The molecule has 0 atom stereocenters. The van der Waals surface area contributed by atoms with Gasteiger partial charge in [0.25, 0.3) is 0 Å². The van der Waals surface area contributed by atoms with E-state index < -0.39 is 5.91 Å². The van der Waals surface area contributed by atoms with E-state index >= 15 is 0 Å². The van der Waals surface area contributed by atoms with Crippen LogP contribution in [0.15, 0.2) is 23.8 Å². The van der Waals surface area contributed by atoms with E-state index in [9.17, 15) is 4.79 Å². The number of nitrogens with one attached hydrogen (secondary N) is 1. The van der Waals surface area contributed by atoms with Gasteiger partial charge in [0.15, 0.2) is 0 Å². The monoisotopic (exact) mass is 193 g/mol. The van der Waals surface area contributed by atoms with Crippen LogP contribution in [0.2, 0.25) is 0 Å². The minimum Gasteiger partial charge on any atom is -0.366 e. The van der Waals surface area contributed by atoms with E-state index in [-0.39, 0.29) is 0 Å². The molecule has 0 saturated carbocycles. The van der Waals surface area contributed by atoms with Crippen LogP contribution in [-0.2, 0) is 0 Å². The molecule has 2 aromatic rings. The van der Waals surface area contributed by atoms with Gasteiger partial charge in [-0.15, -0.1) is 11.3 Å². The van der Waals surface area contributed by atoms with Gasteiger partial charge in [0, 0.05) is 22.0 Å². The summed E-state index contributed by atoms with van der Waals surface area (Å²) in [5, 5.41) is 8.27. The molecule has 4 nitrogen and oxygen atoms in total. The number of aromatic nitrogens is 2. The van der Waals surface area contributed by atoms with E-state index in [0.29, 0.717) is 5.56 Å². The topological polar surface area (TPSA) is 71.8 Å². The fourth-order valence-electron chi connectivity index (χ4n) is 1.00. The molecule has 0 aliphatic heterocycles. The molecule has 2 aromatic heterocycles. The minimum absolute atomic E-state index is 0.397. The highest BCUT2D eigenvalue weighted by Crippen LogP contribution is 2.25. The van der Waals surface area contributed by atoms with Crippen molar-refractivity contribution in [2.24, 2.45) is 5.73 Å². The summed E-state index contributed by atoms with van der Waals surface area (Å²) in [5.74, 6) is -0.397. The molecule has 0 bridgehead atoms. The van der Waals surface area contributed by atoms with Crippen LogP contribution in [0.4, 0.5) is 0 Å². The molecule has 66 valence electrons. The first-order valence-corrected chi connectivity index (χ1v) is 4.53. The van der Waals surface area contributed by atoms with Gasteiger partial charge in [-0.2, -0.15) is 5.10 Å². The minimum atomic E-state index is -0.397. The van der Waals surface area contributed by atoms with Crippen molar-refractivity contribution in [3.63, 3.8) is 0 Å². The van der Waals surface area contributed by atoms with Gasteiger partial charge < -0.3 is 5.73 Å². The maximum atomic E-state index is 10.8. The van der Waals surface area contributed by atoms with Crippen molar-refractivity contribution in [2.75, 3.05) is 0 Å². The second-order valence-corrected chi connectivity index (χ2v) is 3.46. The average Bonchev–Trinajstić information content (AvgIpc) is 2.75. The number of carbonyl (C=O) groups excluding carboxylic acids is 1. The lowest BCUT2D eigenvalue weighted by Gasteiger charge is -1.86. The number of hydrogen-bond donors (Lipinski definition) is 2. The van der Waals surface area contributed by atoms with Crippen LogP contribution in [0.3, 0.4) is 0 Å². The van der Waals surface area contributed by atoms with Crippen LogP contribution >= 0.6 is 11.3 Å². The van der Waals surface area contributed by atoms with Gasteiger partial charge in [0.05, 0.1) is 11.8 Å². The SMILES string of the molecule is NC(=O)c1csc(-c2cn[nH]c2)c1. The van der Waals surface area contributed by atoms with E-state index in [4.69, 9.17) is 5.73 Å². The first-order chi connectivity index (χ1) is 6.27. The summed E-state index contributed by atoms with van der Waals surface area (Å²) in [7, 11) is 0. The predicted octanol–water partition coefficient (Wildman–Crippen LogP) is 1.24. The Balaban J connectivity index is 2.39. The molecule has 1 amide bonds. The molecule has 0 aliphatic carbocycles. The standard InChI is InChI=1S/C8H7N3OS/c9-8(12)5-1-7(13-4-5)6-2-10-11-3-6/h1-4H,(H2,9,12)(H,10,11). The van der Waals surface area contributed by atoms with Crippen molar-refractivity contribution in [3.8, 4) is 10.4 Å². The van der Waals surface area contributed by atoms with E-state index in [2.05, 4.69) is 10.2 Å². The summed E-state index contributed by atoms with van der Waals surface area (Å²) in [6.07, 6.45) is 3.48. The fraction of sp³-hybridized carbons (Fsp3) is 0. The van der Waals surface area contributed by atoms with Gasteiger partial charge >= 0.3 is 0 Å². The number of nitrogens with zero attached hydrogens (tertiary/aromatic N) is 1. The maximum absolute atomic E-state index is 10.8. The molecular formula is C8H7N3OS. The van der Waals surface area contributed by atoms with Crippen molar-refractivity contribution in [1.82, 2.24) is 10.2 Å². The Morgan fingerprint density at radius 1 is 1.62 bits per heavy atom. The third-order valence-electron chi connectivity index (χ3n) is 1.67. The molecule has 0 spiro atoms. The van der Waals surface area contributed by atoms with Crippen LogP contribution < -0.4 is 5.73 Å². The lowest BCUT2D eigenvalue weighted by molar-refractivity contribution is 0.100. The molecule has 0 aromatic carbocycles. The van der Waals surface area contributed by atoms with Crippen molar-refractivity contribution >= 4 is 17.2 Å². The molecule has 0 fully saturated rings. The Kier molecular flexibility index (Phi) is 1.86. The predicted molar refractivity (Wildman–Crippen MR) is 50.4 cm³/mol. The summed E-state index contributed by atoms with van der Waals surface area (Å²) >= 11 is 1.47. The van der Waals surface area contributed by atoms with Crippen molar-refractivity contribution < 1.29 is 4.79 Å². The first kappa shape index (κ1) is 8.00. The molecule has 13 heavy (non-hydrogen) atoms. The third kappa shape index (κ3) is 1.46. The largest absolute Gasteiger partial charge is 0.366 e. The van der Waals surface area contributed by atoms with Crippen LogP contribution in [0, 0.1) is 0 Å². The molecular weight excluding hydrogens is 186 g/mol. The number of hydrogen-bond acceptors (Lipinski definition) is 3. The van der Waals surface area contributed by atoms with Gasteiger partial charge in [-0.25, -0.2) is 0 Å². The molecule has 0 unspecified atom stereocenters. The second-order valence-electron chi connectivity index (χ2n) is 2.55. The number of thiophene rings is 1. The smallest absolute Gasteiger partial charge is 0.249 e. The van der Waals surface area contributed by atoms with Crippen molar-refractivity contribution in [3.05, 3.63) is 29.4 Å². The Bertz CT molecular complexity index is 418. The third-order valence-corrected chi connectivity index (χ3v) is 2.65. The van der Waals surface area contributed by atoms with Gasteiger partial charge in [-0.3, -0.25) is 9.89 Å². The Hall–Kier alpha value is -1.62. The number of carbonyl (C=O) groups is 1. The van der Waals surface area contributed by atoms with Gasteiger partial charge in [0.2, 0.25) is 5.91 Å². The summed E-state index contributed by atoms with van der Waals surface area (Å²) in [5.41, 5.74) is 6.64. The number of amides is 1. The normalized spacial score (nSPS) is 10.2. The number of rotatable bonds is 2. The summed E-state index contributed by atoms with van der Waals surface area (Å²) in [4.78, 5) is 11.8. The van der Waals surface area contributed by atoms with Crippen LogP contribution in [0.1, 0.15) is 10.4 Å². The fourth-order valence-corrected chi connectivity index (χ4v) is 1.88. The lowest BCUT2D eigenvalue weighted by atomic mass is 10.2. The summed E-state index contributed by atoms with van der Waals surface area (Å²) in [6.45, 7) is 0.